The van der Waals surface area contributed by atoms with Crippen LogP contribution in [0.3, 0.4) is 0 Å². The van der Waals surface area contributed by atoms with E-state index in [2.05, 4.69) is 31.2 Å². The van der Waals surface area contributed by atoms with Crippen molar-refractivity contribution in [2.75, 3.05) is 11.9 Å². The molecule has 5 rings (SSSR count). The van der Waals surface area contributed by atoms with Crippen LogP contribution >= 0.6 is 11.8 Å². The molecule has 11 heteroatoms. The summed E-state index contributed by atoms with van der Waals surface area (Å²) < 4.78 is 46.7. The van der Waals surface area contributed by atoms with Crippen molar-refractivity contribution in [3.8, 4) is 18.1 Å². The molecular formula is C23H19F3N6OS. The van der Waals surface area contributed by atoms with Crippen LogP contribution in [0.2, 0.25) is 0 Å². The molecular weight excluding hydrogens is 465 g/mol. The second-order valence-electron chi connectivity index (χ2n) is 8.29. The first-order valence-corrected chi connectivity index (χ1v) is 11.1. The van der Waals surface area contributed by atoms with Crippen LogP contribution in [0.25, 0.3) is 11.0 Å². The van der Waals surface area contributed by atoms with Crippen molar-refractivity contribution >= 4 is 39.5 Å². The Kier molecular flexibility index (Phi) is 5.28. The predicted molar refractivity (Wildman–Crippen MR) is 125 cm³/mol. The summed E-state index contributed by atoms with van der Waals surface area (Å²) in [6.45, 7) is 1.75. The number of nitrogens with two attached hydrogens (primary N) is 1. The van der Waals surface area contributed by atoms with Gasteiger partial charge >= 0.3 is 0 Å². The van der Waals surface area contributed by atoms with Crippen molar-refractivity contribution < 1.29 is 17.9 Å². The number of hydrogen-bond donors (Lipinski definition) is 2. The number of hydrogen-bond acceptors (Lipinski definition) is 8. The summed E-state index contributed by atoms with van der Waals surface area (Å²) in [4.78, 5) is 17.2. The molecule has 3 heterocycles. The van der Waals surface area contributed by atoms with Gasteiger partial charge < -0.3 is 15.8 Å². The SMILES string of the molecule is C#CCOc1cnc2c(Nc3ccc(F)c([C@]4(C)N=C(N)S[C@@]5(C(F)F)C[C@@H]45)c3)ncnc2c1. The van der Waals surface area contributed by atoms with E-state index in [0.717, 1.165) is 11.8 Å². The van der Waals surface area contributed by atoms with Crippen LogP contribution < -0.4 is 15.8 Å². The molecule has 0 bridgehead atoms. The minimum Gasteiger partial charge on any atom is -0.479 e. The van der Waals surface area contributed by atoms with Gasteiger partial charge in [0.05, 0.1) is 22.0 Å². The fourth-order valence-corrected chi connectivity index (χ4v) is 5.79. The molecule has 2 aliphatic rings. The maximum Gasteiger partial charge on any atom is 0.253 e. The first-order valence-electron chi connectivity index (χ1n) is 10.3. The van der Waals surface area contributed by atoms with Gasteiger partial charge in [-0.25, -0.2) is 28.1 Å². The van der Waals surface area contributed by atoms with Gasteiger partial charge in [0.25, 0.3) is 6.43 Å². The highest BCUT2D eigenvalue weighted by molar-refractivity contribution is 8.15. The molecule has 2 aromatic heterocycles. The van der Waals surface area contributed by atoms with Crippen molar-refractivity contribution in [3.05, 3.63) is 48.2 Å². The van der Waals surface area contributed by atoms with E-state index in [-0.39, 0.29) is 23.8 Å². The van der Waals surface area contributed by atoms with E-state index < -0.39 is 28.4 Å². The minimum absolute atomic E-state index is 0.0307. The number of anilines is 2. The Morgan fingerprint density at radius 3 is 2.91 bits per heavy atom. The molecule has 7 nitrogen and oxygen atoms in total. The van der Waals surface area contributed by atoms with Gasteiger partial charge in [-0.3, -0.25) is 4.99 Å². The van der Waals surface area contributed by atoms with Gasteiger partial charge in [0.2, 0.25) is 0 Å². The minimum atomic E-state index is -2.59. The number of halogens is 3. The van der Waals surface area contributed by atoms with Crippen molar-refractivity contribution in [2.45, 2.75) is 30.1 Å². The number of fused-ring (bicyclic) bond motifs is 2. The topological polar surface area (TPSA) is 98.3 Å². The van der Waals surface area contributed by atoms with Crippen molar-refractivity contribution in [3.63, 3.8) is 0 Å². The Morgan fingerprint density at radius 1 is 1.32 bits per heavy atom. The van der Waals surface area contributed by atoms with Crippen molar-refractivity contribution in [1.29, 1.82) is 0 Å². The van der Waals surface area contributed by atoms with Crippen LogP contribution in [0.5, 0.6) is 5.75 Å². The number of thioether (sulfide) groups is 1. The highest BCUT2D eigenvalue weighted by Crippen LogP contribution is 2.68. The van der Waals surface area contributed by atoms with Gasteiger partial charge in [-0.15, -0.1) is 6.42 Å². The molecule has 0 unspecified atom stereocenters. The average Bonchev–Trinajstić information content (AvgIpc) is 3.56. The maximum absolute atomic E-state index is 15.0. The van der Waals surface area contributed by atoms with Gasteiger partial charge in [0.1, 0.15) is 30.0 Å². The Labute approximate surface area is 197 Å². The van der Waals surface area contributed by atoms with E-state index in [1.54, 1.807) is 19.1 Å². The number of amidine groups is 1. The van der Waals surface area contributed by atoms with Gasteiger partial charge in [-0.1, -0.05) is 17.7 Å². The fraction of sp³-hybridized carbons (Fsp3) is 0.304. The van der Waals surface area contributed by atoms with E-state index in [0.29, 0.717) is 28.3 Å². The van der Waals surface area contributed by atoms with E-state index in [4.69, 9.17) is 16.9 Å². The molecule has 1 aliphatic carbocycles. The Hall–Kier alpha value is -3.52. The first kappa shape index (κ1) is 22.3. The molecule has 0 radical (unpaired) electrons. The third-order valence-electron chi connectivity index (χ3n) is 6.18. The number of aliphatic imine (C=N–C) groups is 1. The predicted octanol–water partition coefficient (Wildman–Crippen LogP) is 4.22. The summed E-state index contributed by atoms with van der Waals surface area (Å²) in [5.74, 6) is 2.14. The zero-order chi connectivity index (χ0) is 24.1. The summed E-state index contributed by atoms with van der Waals surface area (Å²) >= 11 is 0.881. The number of pyridine rings is 1. The lowest BCUT2D eigenvalue weighted by molar-refractivity contribution is 0.124. The Bertz CT molecular complexity index is 1360. The molecule has 1 fully saturated rings. The number of terminal acetylenes is 1. The number of benzene rings is 1. The fourth-order valence-electron chi connectivity index (χ4n) is 4.45. The highest BCUT2D eigenvalue weighted by Gasteiger charge is 2.71. The quantitative estimate of drug-likeness (QED) is 0.506. The molecule has 174 valence electrons. The molecule has 0 amide bonds. The first-order chi connectivity index (χ1) is 16.3. The van der Waals surface area contributed by atoms with Gasteiger partial charge in [-0.2, -0.15) is 0 Å². The highest BCUT2D eigenvalue weighted by atomic mass is 32.2. The summed E-state index contributed by atoms with van der Waals surface area (Å²) in [5.41, 5.74) is 6.33. The van der Waals surface area contributed by atoms with Crippen molar-refractivity contribution in [1.82, 2.24) is 15.0 Å². The number of aromatic nitrogens is 3. The smallest absolute Gasteiger partial charge is 0.253 e. The number of alkyl halides is 2. The largest absolute Gasteiger partial charge is 0.479 e. The molecule has 3 atom stereocenters. The second-order valence-corrected chi connectivity index (χ2v) is 9.67. The van der Waals surface area contributed by atoms with Gasteiger partial charge in [0.15, 0.2) is 11.0 Å². The van der Waals surface area contributed by atoms with Crippen LogP contribution in [0.4, 0.5) is 24.7 Å². The Balaban J connectivity index is 1.49. The molecule has 1 aliphatic heterocycles. The lowest BCUT2D eigenvalue weighted by Gasteiger charge is -2.34. The molecule has 0 saturated heterocycles. The average molecular weight is 485 g/mol. The molecule has 34 heavy (non-hydrogen) atoms. The van der Waals surface area contributed by atoms with Crippen LogP contribution in [0.15, 0.2) is 41.8 Å². The third-order valence-corrected chi connectivity index (χ3v) is 7.49. The van der Waals surface area contributed by atoms with E-state index in [1.807, 2.05) is 0 Å². The molecule has 1 aromatic carbocycles. The maximum atomic E-state index is 15.0. The Morgan fingerprint density at radius 2 is 2.15 bits per heavy atom. The molecule has 0 spiro atoms. The van der Waals surface area contributed by atoms with Crippen LogP contribution in [-0.2, 0) is 5.54 Å². The monoisotopic (exact) mass is 484 g/mol. The van der Waals surface area contributed by atoms with Crippen LogP contribution in [0, 0.1) is 24.1 Å². The number of rotatable bonds is 6. The molecule has 1 saturated carbocycles. The lowest BCUT2D eigenvalue weighted by atomic mass is 9.85. The van der Waals surface area contributed by atoms with E-state index in [1.165, 1.54) is 24.7 Å². The van der Waals surface area contributed by atoms with Gasteiger partial charge in [0, 0.05) is 23.2 Å². The van der Waals surface area contributed by atoms with Crippen molar-refractivity contribution in [2.24, 2.45) is 16.6 Å². The molecule has 3 aromatic rings. The summed E-state index contributed by atoms with van der Waals surface area (Å²) in [6.07, 6.45) is 5.69. The van der Waals surface area contributed by atoms with E-state index in [9.17, 15) is 13.2 Å². The second kappa shape index (κ2) is 8.06. The van der Waals surface area contributed by atoms with Gasteiger partial charge in [-0.05, 0) is 31.5 Å². The number of nitrogens with zero attached hydrogens (tertiary/aromatic N) is 4. The normalized spacial score (nSPS) is 25.4. The summed E-state index contributed by atoms with van der Waals surface area (Å²) in [7, 11) is 0. The zero-order valence-electron chi connectivity index (χ0n) is 17.9. The molecule has 3 N–H and O–H groups in total. The number of nitrogens with one attached hydrogen (secondary N) is 1. The van der Waals surface area contributed by atoms with Crippen LogP contribution in [-0.4, -0.2) is 37.9 Å². The van der Waals surface area contributed by atoms with Crippen LogP contribution in [0.1, 0.15) is 18.9 Å². The number of ether oxygens (including phenoxy) is 1. The summed E-state index contributed by atoms with van der Waals surface area (Å²) in [6, 6.07) is 6.02. The third kappa shape index (κ3) is 3.58. The summed E-state index contributed by atoms with van der Waals surface area (Å²) in [5, 5.41) is 3.15. The zero-order valence-corrected chi connectivity index (χ0v) is 18.7. The lowest BCUT2D eigenvalue weighted by Crippen LogP contribution is -2.38. The van der Waals surface area contributed by atoms with E-state index >= 15 is 0 Å². The standard InChI is InChI=1S/C23H19F3N6OS/c1-3-6-33-13-8-16-18(28-10-13)19(30-11-29-16)31-12-4-5-15(24)14(7-12)22(2)17-9-23(17,20(25)26)34-21(27)32-22/h1,4-5,7-8,10-11,17,20H,6,9H2,2H3,(H2,27,32)(H,29,30,31)/t17-,22-,23-/m0/s1.